The number of carbonyl (C=O) groups is 1. The molecule has 1 atom stereocenters. The Kier molecular flexibility index (Phi) is 5.40. The van der Waals surface area contributed by atoms with Crippen LogP contribution in [0.15, 0.2) is 6.07 Å². The highest BCUT2D eigenvalue weighted by atomic mass is 32.1. The van der Waals surface area contributed by atoms with E-state index in [0.717, 1.165) is 41.4 Å². The van der Waals surface area contributed by atoms with E-state index in [9.17, 15) is 4.79 Å². The van der Waals surface area contributed by atoms with Gasteiger partial charge in [0.2, 0.25) is 0 Å². The summed E-state index contributed by atoms with van der Waals surface area (Å²) >= 11 is 1.48. The minimum atomic E-state index is 0.131. The lowest BCUT2D eigenvalue weighted by Gasteiger charge is -2.27. The Morgan fingerprint density at radius 2 is 2.29 bits per heavy atom. The van der Waals surface area contributed by atoms with E-state index in [1.807, 2.05) is 17.9 Å². The van der Waals surface area contributed by atoms with Crippen LogP contribution in [0.5, 0.6) is 0 Å². The molecule has 0 saturated carbocycles. The summed E-state index contributed by atoms with van der Waals surface area (Å²) in [6, 6.07) is 2.19. The third kappa shape index (κ3) is 3.85. The topological polar surface area (TPSA) is 49.6 Å². The first-order chi connectivity index (χ1) is 10.0. The molecule has 0 aliphatic carbocycles. The van der Waals surface area contributed by atoms with Crippen LogP contribution >= 0.6 is 11.3 Å². The van der Waals surface area contributed by atoms with Crippen molar-refractivity contribution in [1.29, 1.82) is 0 Å². The average Bonchev–Trinajstić information content (AvgIpc) is 2.72. The number of carbonyl (C=O) groups excluding carboxylic acids is 1. The number of thiophene rings is 1. The number of nitrogens with zero attached hydrogens (tertiary/aromatic N) is 2. The Bertz CT molecular complexity index is 570. The van der Waals surface area contributed by atoms with Crippen LogP contribution in [0.1, 0.15) is 33.5 Å². The molecule has 5 heteroatoms. The summed E-state index contributed by atoms with van der Waals surface area (Å²) in [7, 11) is 2.11. The van der Waals surface area contributed by atoms with Crippen molar-refractivity contribution in [2.24, 2.45) is 5.73 Å². The van der Waals surface area contributed by atoms with Crippen LogP contribution in [0.25, 0.3) is 0 Å². The maximum absolute atomic E-state index is 12.8. The van der Waals surface area contributed by atoms with E-state index >= 15 is 0 Å². The predicted molar refractivity (Wildman–Crippen MR) is 87.6 cm³/mol. The van der Waals surface area contributed by atoms with Crippen LogP contribution < -0.4 is 5.73 Å². The van der Waals surface area contributed by atoms with E-state index in [1.165, 1.54) is 11.3 Å². The van der Waals surface area contributed by atoms with E-state index < -0.39 is 0 Å². The molecule has 2 N–H and O–H groups in total. The van der Waals surface area contributed by atoms with Crippen molar-refractivity contribution in [3.05, 3.63) is 21.4 Å². The lowest BCUT2D eigenvalue weighted by atomic mass is 10.2. The van der Waals surface area contributed by atoms with Gasteiger partial charge in [0.25, 0.3) is 5.91 Å². The van der Waals surface area contributed by atoms with Crippen molar-refractivity contribution < 1.29 is 4.79 Å². The molecular formula is C16H23N3OS. The van der Waals surface area contributed by atoms with Gasteiger partial charge in [-0.25, -0.2) is 0 Å². The zero-order chi connectivity index (χ0) is 15.4. The molecule has 1 aliphatic heterocycles. The molecule has 0 aromatic carbocycles. The van der Waals surface area contributed by atoms with Crippen molar-refractivity contribution in [2.75, 3.05) is 33.2 Å². The fraction of sp³-hybridized carbons (Fsp3) is 0.562. The van der Waals surface area contributed by atoms with Crippen LogP contribution in [-0.2, 0) is 0 Å². The summed E-state index contributed by atoms with van der Waals surface area (Å²) < 4.78 is 0. The third-order valence-electron chi connectivity index (χ3n) is 3.74. The van der Waals surface area contributed by atoms with Gasteiger partial charge in [0.05, 0.1) is 16.3 Å². The maximum Gasteiger partial charge on any atom is 0.264 e. The number of rotatable bonds is 1. The molecule has 1 aliphatic rings. The van der Waals surface area contributed by atoms with Gasteiger partial charge in [0.1, 0.15) is 0 Å². The number of aryl methyl sites for hydroxylation is 1. The van der Waals surface area contributed by atoms with Crippen LogP contribution in [0.2, 0.25) is 0 Å². The van der Waals surface area contributed by atoms with Crippen molar-refractivity contribution in [3.8, 4) is 11.8 Å². The lowest BCUT2D eigenvalue weighted by Crippen LogP contribution is -2.41. The molecule has 1 aromatic rings. The molecule has 0 radical (unpaired) electrons. The first-order valence-corrected chi connectivity index (χ1v) is 8.13. The zero-order valence-corrected chi connectivity index (χ0v) is 13.8. The number of nitrogens with two attached hydrogens (primary N) is 1. The van der Waals surface area contributed by atoms with Gasteiger partial charge in [-0.2, -0.15) is 0 Å². The van der Waals surface area contributed by atoms with Crippen molar-refractivity contribution in [1.82, 2.24) is 9.80 Å². The molecule has 2 rings (SSSR count). The second-order valence-electron chi connectivity index (χ2n) is 5.59. The van der Waals surface area contributed by atoms with Gasteiger partial charge in [0.15, 0.2) is 0 Å². The van der Waals surface area contributed by atoms with Crippen LogP contribution in [0.4, 0.5) is 0 Å². The Morgan fingerprint density at radius 1 is 1.52 bits per heavy atom. The van der Waals surface area contributed by atoms with E-state index in [4.69, 9.17) is 5.73 Å². The van der Waals surface area contributed by atoms with E-state index in [-0.39, 0.29) is 11.9 Å². The fourth-order valence-corrected chi connectivity index (χ4v) is 3.66. The smallest absolute Gasteiger partial charge is 0.264 e. The van der Waals surface area contributed by atoms with Gasteiger partial charge in [-0.1, -0.05) is 11.8 Å². The molecule has 2 heterocycles. The normalized spacial score (nSPS) is 19.8. The highest BCUT2D eigenvalue weighted by Gasteiger charge is 2.26. The number of hydrogen-bond acceptors (Lipinski definition) is 4. The summed E-state index contributed by atoms with van der Waals surface area (Å²) in [4.78, 5) is 18.8. The third-order valence-corrected chi connectivity index (χ3v) is 4.88. The van der Waals surface area contributed by atoms with Crippen molar-refractivity contribution in [3.63, 3.8) is 0 Å². The summed E-state index contributed by atoms with van der Waals surface area (Å²) in [5, 5.41) is 0. The van der Waals surface area contributed by atoms with Gasteiger partial charge >= 0.3 is 0 Å². The molecule has 0 spiro atoms. The van der Waals surface area contributed by atoms with Crippen LogP contribution in [0.3, 0.4) is 0 Å². The largest absolute Gasteiger partial charge is 0.334 e. The van der Waals surface area contributed by atoms with Crippen LogP contribution in [-0.4, -0.2) is 55.0 Å². The predicted octanol–water partition coefficient (Wildman–Crippen LogP) is 1.53. The molecule has 1 aromatic heterocycles. The van der Waals surface area contributed by atoms with E-state index in [2.05, 4.69) is 30.7 Å². The van der Waals surface area contributed by atoms with Gasteiger partial charge < -0.3 is 15.5 Å². The Balaban J connectivity index is 2.19. The molecule has 1 unspecified atom stereocenters. The second-order valence-corrected chi connectivity index (χ2v) is 6.64. The zero-order valence-electron chi connectivity index (χ0n) is 13.0. The SMILES string of the molecule is Cc1cc(C(=O)N2CCCN(C)CC2C)sc1C#CCN. The summed E-state index contributed by atoms with van der Waals surface area (Å²) in [5.41, 5.74) is 6.47. The standard InChI is InChI=1S/C16H23N3OS/c1-12-10-15(21-14(12)6-4-7-17)16(20)19-9-5-8-18(3)11-13(19)2/h10,13H,5,7-9,11,17H2,1-3H3. The van der Waals surface area contributed by atoms with Crippen molar-refractivity contribution in [2.45, 2.75) is 26.3 Å². The van der Waals surface area contributed by atoms with Gasteiger partial charge in [-0.15, -0.1) is 11.3 Å². The van der Waals surface area contributed by atoms with E-state index in [1.54, 1.807) is 0 Å². The van der Waals surface area contributed by atoms with E-state index in [0.29, 0.717) is 6.54 Å². The number of amides is 1. The molecular weight excluding hydrogens is 282 g/mol. The Hall–Kier alpha value is -1.35. The van der Waals surface area contributed by atoms with Gasteiger partial charge in [0, 0.05) is 19.1 Å². The highest BCUT2D eigenvalue weighted by Crippen LogP contribution is 2.24. The summed E-state index contributed by atoms with van der Waals surface area (Å²) in [5.74, 6) is 6.04. The molecule has 21 heavy (non-hydrogen) atoms. The van der Waals surface area contributed by atoms with Crippen molar-refractivity contribution >= 4 is 17.2 Å². The fourth-order valence-electron chi connectivity index (χ4n) is 2.66. The average molecular weight is 305 g/mol. The number of hydrogen-bond donors (Lipinski definition) is 1. The first kappa shape index (κ1) is 16.0. The molecule has 1 fully saturated rings. The Morgan fingerprint density at radius 3 is 3.00 bits per heavy atom. The molecule has 1 amide bonds. The summed E-state index contributed by atoms with van der Waals surface area (Å²) in [6.07, 6.45) is 1.02. The monoisotopic (exact) mass is 305 g/mol. The number of likely N-dealkylation sites (N-methyl/N-ethyl adjacent to an activating group) is 1. The molecule has 0 bridgehead atoms. The van der Waals surface area contributed by atoms with Crippen LogP contribution in [0, 0.1) is 18.8 Å². The summed E-state index contributed by atoms with van der Waals surface area (Å²) in [6.45, 7) is 7.25. The van der Waals surface area contributed by atoms with Gasteiger partial charge in [-0.05, 0) is 45.5 Å². The highest BCUT2D eigenvalue weighted by molar-refractivity contribution is 7.14. The van der Waals surface area contributed by atoms with Gasteiger partial charge in [-0.3, -0.25) is 4.79 Å². The molecule has 114 valence electrons. The minimum Gasteiger partial charge on any atom is -0.334 e. The first-order valence-electron chi connectivity index (χ1n) is 7.31. The molecule has 1 saturated heterocycles. The second kappa shape index (κ2) is 7.08. The molecule has 4 nitrogen and oxygen atoms in total. The minimum absolute atomic E-state index is 0.131. The Labute approximate surface area is 130 Å². The quantitative estimate of drug-likeness (QED) is 0.801. The maximum atomic E-state index is 12.8. The lowest BCUT2D eigenvalue weighted by molar-refractivity contribution is 0.0701.